The normalized spacial score (nSPS) is 11.9. The molecule has 0 aliphatic heterocycles. The number of hydrogen-bond donors (Lipinski definition) is 2. The van der Waals surface area contributed by atoms with Gasteiger partial charge in [-0.1, -0.05) is 24.3 Å². The molecule has 0 aliphatic rings. The van der Waals surface area contributed by atoms with Gasteiger partial charge in [0.05, 0.1) is 4.90 Å². The number of primary sulfonamides is 1. The largest absolute Gasteiger partial charge is 0.326 e. The van der Waals surface area contributed by atoms with Gasteiger partial charge in [-0.3, -0.25) is 0 Å². The van der Waals surface area contributed by atoms with Crippen LogP contribution in [0.3, 0.4) is 0 Å². The van der Waals surface area contributed by atoms with Gasteiger partial charge in [0.1, 0.15) is 0 Å². The van der Waals surface area contributed by atoms with Gasteiger partial charge >= 0.3 is 0 Å². The van der Waals surface area contributed by atoms with Gasteiger partial charge in [-0.2, -0.15) is 0 Å². The fraction of sp³-hybridized carbons (Fsp3) is 0.0909. The molecule has 4 N–H and O–H groups in total. The van der Waals surface area contributed by atoms with E-state index in [2.05, 4.69) is 0 Å². The monoisotopic (exact) mass is 236 g/mol. The lowest BCUT2D eigenvalue weighted by Crippen LogP contribution is -2.12. The lowest BCUT2D eigenvalue weighted by molar-refractivity contribution is 0.598. The van der Waals surface area contributed by atoms with Crippen LogP contribution in [0, 0.1) is 0 Å². The number of nitrogens with two attached hydrogens (primary N) is 2. The average Bonchev–Trinajstić information content (AvgIpc) is 2.26. The second kappa shape index (κ2) is 3.86. The van der Waals surface area contributed by atoms with Crippen molar-refractivity contribution in [3.05, 3.63) is 42.0 Å². The molecule has 0 aliphatic carbocycles. The van der Waals surface area contributed by atoms with Gasteiger partial charge in [0.15, 0.2) is 0 Å². The van der Waals surface area contributed by atoms with Crippen molar-refractivity contribution < 1.29 is 8.42 Å². The molecule has 0 spiro atoms. The molecule has 2 rings (SSSR count). The van der Waals surface area contributed by atoms with Gasteiger partial charge in [-0.15, -0.1) is 0 Å². The van der Waals surface area contributed by atoms with Crippen molar-refractivity contribution in [2.75, 3.05) is 0 Å². The van der Waals surface area contributed by atoms with Crippen LogP contribution < -0.4 is 10.9 Å². The SMILES string of the molecule is NCc1ccc2c(S(N)(=O)=O)cccc2c1. The van der Waals surface area contributed by atoms with Crippen molar-refractivity contribution in [2.45, 2.75) is 11.4 Å². The molecular weight excluding hydrogens is 224 g/mol. The molecule has 84 valence electrons. The smallest absolute Gasteiger partial charge is 0.238 e. The number of sulfonamides is 1. The highest BCUT2D eigenvalue weighted by Crippen LogP contribution is 2.22. The quantitative estimate of drug-likeness (QED) is 0.813. The zero-order chi connectivity index (χ0) is 11.8. The number of benzene rings is 2. The van der Waals surface area contributed by atoms with Crippen molar-refractivity contribution in [2.24, 2.45) is 10.9 Å². The standard InChI is InChI=1S/C11H12N2O2S/c12-7-8-4-5-10-9(6-8)2-1-3-11(10)16(13,14)15/h1-6H,7,12H2,(H2,13,14,15). The van der Waals surface area contributed by atoms with E-state index in [-0.39, 0.29) is 4.90 Å². The Morgan fingerprint density at radius 3 is 2.50 bits per heavy atom. The summed E-state index contributed by atoms with van der Waals surface area (Å²) in [5, 5.41) is 6.60. The van der Waals surface area contributed by atoms with E-state index in [0.29, 0.717) is 11.9 Å². The molecule has 0 aromatic heterocycles. The summed E-state index contributed by atoms with van der Waals surface area (Å²) in [4.78, 5) is 0.147. The molecule has 0 saturated carbocycles. The minimum absolute atomic E-state index is 0.147. The van der Waals surface area contributed by atoms with Crippen LogP contribution in [0.4, 0.5) is 0 Å². The molecule has 5 heteroatoms. The van der Waals surface area contributed by atoms with Gasteiger partial charge in [0, 0.05) is 11.9 Å². The van der Waals surface area contributed by atoms with Gasteiger partial charge in [-0.05, 0) is 23.1 Å². The van der Waals surface area contributed by atoms with E-state index < -0.39 is 10.0 Å². The van der Waals surface area contributed by atoms with Crippen LogP contribution in [0.1, 0.15) is 5.56 Å². The molecule has 0 heterocycles. The highest BCUT2D eigenvalue weighted by molar-refractivity contribution is 7.89. The average molecular weight is 236 g/mol. The molecular formula is C11H12N2O2S. The summed E-state index contributed by atoms with van der Waals surface area (Å²) < 4.78 is 22.7. The van der Waals surface area contributed by atoms with Crippen LogP contribution in [0.25, 0.3) is 10.8 Å². The fourth-order valence-corrected chi connectivity index (χ4v) is 2.44. The zero-order valence-electron chi connectivity index (χ0n) is 8.55. The molecule has 0 unspecified atom stereocenters. The first kappa shape index (κ1) is 11.1. The maximum absolute atomic E-state index is 11.4. The fourth-order valence-electron chi connectivity index (χ4n) is 1.68. The Bertz CT molecular complexity index is 635. The minimum Gasteiger partial charge on any atom is -0.326 e. The van der Waals surface area contributed by atoms with Crippen LogP contribution in [0.15, 0.2) is 41.3 Å². The number of rotatable bonds is 2. The summed E-state index contributed by atoms with van der Waals surface area (Å²) in [6, 6.07) is 10.4. The lowest BCUT2D eigenvalue weighted by Gasteiger charge is -2.05. The van der Waals surface area contributed by atoms with Crippen molar-refractivity contribution in [3.8, 4) is 0 Å². The van der Waals surface area contributed by atoms with E-state index in [4.69, 9.17) is 10.9 Å². The summed E-state index contributed by atoms with van der Waals surface area (Å²) in [5.41, 5.74) is 6.48. The number of fused-ring (bicyclic) bond motifs is 1. The second-order valence-corrected chi connectivity index (χ2v) is 5.09. The maximum atomic E-state index is 11.4. The van der Waals surface area contributed by atoms with Crippen LogP contribution in [0.2, 0.25) is 0 Å². The van der Waals surface area contributed by atoms with E-state index in [1.54, 1.807) is 18.2 Å². The van der Waals surface area contributed by atoms with E-state index in [0.717, 1.165) is 10.9 Å². The Labute approximate surface area is 93.9 Å². The molecule has 16 heavy (non-hydrogen) atoms. The third-order valence-electron chi connectivity index (χ3n) is 2.45. The summed E-state index contributed by atoms with van der Waals surface area (Å²) in [6.07, 6.45) is 0. The molecule has 4 nitrogen and oxygen atoms in total. The first-order chi connectivity index (χ1) is 7.52. The maximum Gasteiger partial charge on any atom is 0.238 e. The third kappa shape index (κ3) is 1.92. The summed E-state index contributed by atoms with van der Waals surface area (Å²) >= 11 is 0. The van der Waals surface area contributed by atoms with E-state index in [1.807, 2.05) is 12.1 Å². The highest BCUT2D eigenvalue weighted by Gasteiger charge is 2.11. The van der Waals surface area contributed by atoms with Crippen LogP contribution in [-0.2, 0) is 16.6 Å². The predicted molar refractivity (Wildman–Crippen MR) is 63.2 cm³/mol. The van der Waals surface area contributed by atoms with Crippen molar-refractivity contribution in [1.82, 2.24) is 0 Å². The topological polar surface area (TPSA) is 86.2 Å². The Balaban J connectivity index is 2.80. The third-order valence-corrected chi connectivity index (χ3v) is 3.42. The molecule has 0 fully saturated rings. The first-order valence-corrected chi connectivity index (χ1v) is 6.31. The molecule has 2 aromatic rings. The number of hydrogen-bond acceptors (Lipinski definition) is 3. The zero-order valence-corrected chi connectivity index (χ0v) is 9.37. The molecule has 0 bridgehead atoms. The molecule has 0 saturated heterocycles. The second-order valence-electron chi connectivity index (χ2n) is 3.56. The summed E-state index contributed by atoms with van der Waals surface area (Å²) in [6.45, 7) is 0.426. The van der Waals surface area contributed by atoms with Gasteiger partial charge in [0.25, 0.3) is 0 Å². The highest BCUT2D eigenvalue weighted by atomic mass is 32.2. The Hall–Kier alpha value is -1.43. The van der Waals surface area contributed by atoms with Crippen LogP contribution >= 0.6 is 0 Å². The molecule has 0 radical (unpaired) electrons. The molecule has 0 atom stereocenters. The van der Waals surface area contributed by atoms with Crippen LogP contribution in [0.5, 0.6) is 0 Å². The Morgan fingerprint density at radius 2 is 1.88 bits per heavy atom. The molecule has 0 amide bonds. The van der Waals surface area contributed by atoms with Gasteiger partial charge in [0.2, 0.25) is 10.0 Å². The van der Waals surface area contributed by atoms with Gasteiger partial charge < -0.3 is 5.73 Å². The van der Waals surface area contributed by atoms with Crippen molar-refractivity contribution in [3.63, 3.8) is 0 Å². The first-order valence-electron chi connectivity index (χ1n) is 4.77. The van der Waals surface area contributed by atoms with Crippen LogP contribution in [-0.4, -0.2) is 8.42 Å². The van der Waals surface area contributed by atoms with E-state index in [9.17, 15) is 8.42 Å². The van der Waals surface area contributed by atoms with E-state index >= 15 is 0 Å². The minimum atomic E-state index is -3.68. The predicted octanol–water partition coefficient (Wildman–Crippen LogP) is 0.946. The van der Waals surface area contributed by atoms with E-state index in [1.165, 1.54) is 6.07 Å². The summed E-state index contributed by atoms with van der Waals surface area (Å²) in [7, 11) is -3.68. The van der Waals surface area contributed by atoms with Gasteiger partial charge in [-0.25, -0.2) is 13.6 Å². The summed E-state index contributed by atoms with van der Waals surface area (Å²) in [5.74, 6) is 0. The Kier molecular flexibility index (Phi) is 2.67. The Morgan fingerprint density at radius 1 is 1.12 bits per heavy atom. The van der Waals surface area contributed by atoms with Crippen molar-refractivity contribution >= 4 is 20.8 Å². The molecule has 2 aromatic carbocycles. The van der Waals surface area contributed by atoms with Crippen molar-refractivity contribution in [1.29, 1.82) is 0 Å². The lowest BCUT2D eigenvalue weighted by atomic mass is 10.1.